The van der Waals surface area contributed by atoms with Crippen LogP contribution in [0.25, 0.3) is 0 Å². The van der Waals surface area contributed by atoms with Crippen molar-refractivity contribution in [1.29, 1.82) is 0 Å². The summed E-state index contributed by atoms with van der Waals surface area (Å²) in [4.78, 5) is 0. The van der Waals surface area contributed by atoms with Gasteiger partial charge in [0.15, 0.2) is 0 Å². The number of hydrogen-bond donors (Lipinski definition) is 2. The zero-order chi connectivity index (χ0) is 9.14. The second-order valence-electron chi connectivity index (χ2n) is 2.98. The van der Waals surface area contributed by atoms with E-state index in [0.29, 0.717) is 5.46 Å². The van der Waals surface area contributed by atoms with E-state index >= 15 is 0 Å². The van der Waals surface area contributed by atoms with Crippen LogP contribution in [0.3, 0.4) is 0 Å². The van der Waals surface area contributed by atoms with Gasteiger partial charge in [0.25, 0.3) is 0 Å². The molecular formula is C9H13BO2. The van der Waals surface area contributed by atoms with E-state index < -0.39 is 7.12 Å². The van der Waals surface area contributed by atoms with E-state index in [1.807, 2.05) is 26.0 Å². The SMILES string of the molecule is CCc1cc(C)cc(B(O)O)c1. The van der Waals surface area contributed by atoms with Gasteiger partial charge in [0, 0.05) is 0 Å². The Kier molecular flexibility index (Phi) is 2.90. The first kappa shape index (κ1) is 9.29. The van der Waals surface area contributed by atoms with E-state index in [1.54, 1.807) is 6.07 Å². The van der Waals surface area contributed by atoms with Crippen LogP contribution in [0.5, 0.6) is 0 Å². The van der Waals surface area contributed by atoms with Gasteiger partial charge in [-0.1, -0.05) is 30.7 Å². The monoisotopic (exact) mass is 164 g/mol. The standard InChI is InChI=1S/C9H13BO2/c1-3-8-4-7(2)5-9(6-8)10(11)12/h4-6,11-12H,3H2,1-2H3. The van der Waals surface area contributed by atoms with Gasteiger partial charge in [-0.2, -0.15) is 0 Å². The summed E-state index contributed by atoms with van der Waals surface area (Å²) in [6, 6.07) is 5.65. The Balaban J connectivity index is 3.06. The third-order valence-corrected chi connectivity index (χ3v) is 1.87. The highest BCUT2D eigenvalue weighted by Crippen LogP contribution is 2.02. The highest BCUT2D eigenvalue weighted by Gasteiger charge is 2.11. The van der Waals surface area contributed by atoms with Crippen LogP contribution < -0.4 is 5.46 Å². The van der Waals surface area contributed by atoms with Crippen molar-refractivity contribution in [3.05, 3.63) is 29.3 Å². The minimum Gasteiger partial charge on any atom is -0.423 e. The van der Waals surface area contributed by atoms with Crippen molar-refractivity contribution in [2.45, 2.75) is 20.3 Å². The van der Waals surface area contributed by atoms with Gasteiger partial charge in [-0.3, -0.25) is 0 Å². The Morgan fingerprint density at radius 3 is 2.42 bits per heavy atom. The molecule has 0 heterocycles. The van der Waals surface area contributed by atoms with E-state index in [0.717, 1.165) is 17.5 Å². The van der Waals surface area contributed by atoms with Crippen molar-refractivity contribution in [1.82, 2.24) is 0 Å². The molecule has 1 aromatic rings. The molecule has 2 nitrogen and oxygen atoms in total. The van der Waals surface area contributed by atoms with Crippen LogP contribution in [0, 0.1) is 6.92 Å². The molecule has 64 valence electrons. The van der Waals surface area contributed by atoms with Gasteiger partial charge in [-0.15, -0.1) is 0 Å². The van der Waals surface area contributed by atoms with Crippen LogP contribution in [0.15, 0.2) is 18.2 Å². The lowest BCUT2D eigenvalue weighted by molar-refractivity contribution is 0.425. The van der Waals surface area contributed by atoms with E-state index in [9.17, 15) is 0 Å². The minimum absolute atomic E-state index is 0.576. The zero-order valence-electron chi connectivity index (χ0n) is 7.41. The summed E-state index contributed by atoms with van der Waals surface area (Å²) in [5, 5.41) is 17.8. The molecular weight excluding hydrogens is 151 g/mol. The molecule has 0 aliphatic carbocycles. The maximum Gasteiger partial charge on any atom is 0.488 e. The molecule has 2 N–H and O–H groups in total. The van der Waals surface area contributed by atoms with Gasteiger partial charge in [0.2, 0.25) is 0 Å². The molecule has 3 heteroatoms. The quantitative estimate of drug-likeness (QED) is 0.614. The Bertz CT molecular complexity index is 271. The van der Waals surface area contributed by atoms with Crippen molar-refractivity contribution in [2.75, 3.05) is 0 Å². The fourth-order valence-corrected chi connectivity index (χ4v) is 1.25. The van der Waals surface area contributed by atoms with Crippen molar-refractivity contribution in [2.24, 2.45) is 0 Å². The molecule has 1 aromatic carbocycles. The molecule has 0 unspecified atom stereocenters. The average molecular weight is 164 g/mol. The largest absolute Gasteiger partial charge is 0.488 e. The molecule has 0 bridgehead atoms. The summed E-state index contributed by atoms with van der Waals surface area (Å²) in [7, 11) is -1.35. The van der Waals surface area contributed by atoms with Gasteiger partial charge in [-0.25, -0.2) is 0 Å². The molecule has 0 aromatic heterocycles. The van der Waals surface area contributed by atoms with Crippen LogP contribution in [0.1, 0.15) is 18.1 Å². The minimum atomic E-state index is -1.35. The molecule has 12 heavy (non-hydrogen) atoms. The number of rotatable bonds is 2. The molecule has 0 spiro atoms. The fraction of sp³-hybridized carbons (Fsp3) is 0.333. The van der Waals surface area contributed by atoms with Gasteiger partial charge in [0.05, 0.1) is 0 Å². The van der Waals surface area contributed by atoms with Crippen molar-refractivity contribution in [3.8, 4) is 0 Å². The summed E-state index contributed by atoms with van der Waals surface area (Å²) in [6.07, 6.45) is 0.918. The predicted octanol–water partition coefficient (Wildman–Crippen LogP) is 0.237. The van der Waals surface area contributed by atoms with E-state index in [2.05, 4.69) is 0 Å². The molecule has 0 radical (unpaired) electrons. The molecule has 0 aliphatic rings. The second-order valence-corrected chi connectivity index (χ2v) is 2.98. The highest BCUT2D eigenvalue weighted by molar-refractivity contribution is 6.58. The van der Waals surface area contributed by atoms with Crippen LogP contribution in [0.2, 0.25) is 0 Å². The van der Waals surface area contributed by atoms with Crippen molar-refractivity contribution >= 4 is 12.6 Å². The second kappa shape index (κ2) is 3.74. The summed E-state index contributed by atoms with van der Waals surface area (Å²) in [5.74, 6) is 0. The Hall–Kier alpha value is -0.795. The summed E-state index contributed by atoms with van der Waals surface area (Å²) >= 11 is 0. The van der Waals surface area contributed by atoms with Gasteiger partial charge in [0.1, 0.15) is 0 Å². The average Bonchev–Trinajstić information content (AvgIpc) is 2.03. The number of benzene rings is 1. The van der Waals surface area contributed by atoms with Gasteiger partial charge < -0.3 is 10.0 Å². The molecule has 0 amide bonds. The Morgan fingerprint density at radius 1 is 1.25 bits per heavy atom. The third kappa shape index (κ3) is 2.09. The number of hydrogen-bond acceptors (Lipinski definition) is 2. The van der Waals surface area contributed by atoms with Crippen LogP contribution in [-0.4, -0.2) is 17.2 Å². The van der Waals surface area contributed by atoms with E-state index in [4.69, 9.17) is 10.0 Å². The smallest absolute Gasteiger partial charge is 0.423 e. The first-order valence-electron chi connectivity index (χ1n) is 4.10. The van der Waals surface area contributed by atoms with Crippen LogP contribution >= 0.6 is 0 Å². The molecule has 0 saturated carbocycles. The Labute approximate surface area is 73.0 Å². The van der Waals surface area contributed by atoms with Crippen LogP contribution in [-0.2, 0) is 6.42 Å². The van der Waals surface area contributed by atoms with E-state index in [1.165, 1.54) is 0 Å². The maximum absolute atomic E-state index is 8.92. The lowest BCUT2D eigenvalue weighted by Gasteiger charge is -2.04. The first-order chi connectivity index (χ1) is 5.63. The van der Waals surface area contributed by atoms with Gasteiger partial charge in [-0.05, 0) is 24.4 Å². The first-order valence-corrected chi connectivity index (χ1v) is 4.10. The maximum atomic E-state index is 8.92. The molecule has 1 rings (SSSR count). The van der Waals surface area contributed by atoms with Crippen LogP contribution in [0.4, 0.5) is 0 Å². The molecule has 0 atom stereocenters. The predicted molar refractivity (Wildman–Crippen MR) is 50.4 cm³/mol. The highest BCUT2D eigenvalue weighted by atomic mass is 16.4. The Morgan fingerprint density at radius 2 is 1.92 bits per heavy atom. The fourth-order valence-electron chi connectivity index (χ4n) is 1.25. The molecule has 0 saturated heterocycles. The lowest BCUT2D eigenvalue weighted by atomic mass is 9.78. The van der Waals surface area contributed by atoms with Crippen molar-refractivity contribution < 1.29 is 10.0 Å². The lowest BCUT2D eigenvalue weighted by Crippen LogP contribution is -2.30. The summed E-state index contributed by atoms with van der Waals surface area (Å²) in [5.41, 5.74) is 2.78. The van der Waals surface area contributed by atoms with Gasteiger partial charge >= 0.3 is 7.12 Å². The number of aryl methyl sites for hydroxylation is 2. The normalized spacial score (nSPS) is 10.0. The third-order valence-electron chi connectivity index (χ3n) is 1.87. The van der Waals surface area contributed by atoms with Crippen molar-refractivity contribution in [3.63, 3.8) is 0 Å². The molecule has 0 fully saturated rings. The summed E-state index contributed by atoms with van der Waals surface area (Å²) in [6.45, 7) is 3.99. The molecule has 0 aliphatic heterocycles. The van der Waals surface area contributed by atoms with E-state index in [-0.39, 0.29) is 0 Å². The summed E-state index contributed by atoms with van der Waals surface area (Å²) < 4.78 is 0. The topological polar surface area (TPSA) is 40.5 Å². The zero-order valence-corrected chi connectivity index (χ0v) is 7.41.